The van der Waals surface area contributed by atoms with E-state index in [0.717, 1.165) is 5.92 Å². The third kappa shape index (κ3) is 2.86. The normalized spacial score (nSPS) is 31.7. The predicted octanol–water partition coefficient (Wildman–Crippen LogP) is 1.99. The molecule has 0 spiro atoms. The van der Waals surface area contributed by atoms with E-state index in [0.29, 0.717) is 19.3 Å². The van der Waals surface area contributed by atoms with Gasteiger partial charge in [0.25, 0.3) is 0 Å². The van der Waals surface area contributed by atoms with Gasteiger partial charge in [0.2, 0.25) is 0 Å². The molecule has 1 heterocycles. The molecule has 4 nitrogen and oxygen atoms in total. The van der Waals surface area contributed by atoms with Crippen LogP contribution in [0.5, 0.6) is 0 Å². The topological polar surface area (TPSA) is 49.8 Å². The fourth-order valence-electron chi connectivity index (χ4n) is 3.43. The summed E-state index contributed by atoms with van der Waals surface area (Å²) in [6, 6.07) is 0.498. The van der Waals surface area contributed by atoms with Crippen LogP contribution in [0.4, 0.5) is 0 Å². The van der Waals surface area contributed by atoms with E-state index in [1.807, 2.05) is 0 Å². The van der Waals surface area contributed by atoms with Crippen molar-refractivity contribution in [1.29, 1.82) is 0 Å². The van der Waals surface area contributed by atoms with Gasteiger partial charge in [-0.1, -0.05) is 19.3 Å². The van der Waals surface area contributed by atoms with Gasteiger partial charge in [-0.3, -0.25) is 9.69 Å². The third-order valence-electron chi connectivity index (χ3n) is 4.87. The van der Waals surface area contributed by atoms with Crippen molar-refractivity contribution in [3.8, 4) is 0 Å². The van der Waals surface area contributed by atoms with Crippen molar-refractivity contribution in [3.05, 3.63) is 0 Å². The zero-order valence-corrected chi connectivity index (χ0v) is 11.5. The van der Waals surface area contributed by atoms with Gasteiger partial charge in [-0.25, -0.2) is 0 Å². The quantitative estimate of drug-likeness (QED) is 0.834. The molecule has 4 heteroatoms. The van der Waals surface area contributed by atoms with E-state index in [9.17, 15) is 9.90 Å². The standard InChI is InChI=1S/C14H25NO3/c1-10(11-6-4-3-5-7-11)15(2)13-9-18-8-12(13)14(16)17/h10-13H,3-9H2,1-2H3,(H,16,17). The summed E-state index contributed by atoms with van der Waals surface area (Å²) in [5, 5.41) is 9.22. The van der Waals surface area contributed by atoms with Crippen molar-refractivity contribution in [1.82, 2.24) is 4.90 Å². The van der Waals surface area contributed by atoms with Crippen molar-refractivity contribution in [2.24, 2.45) is 11.8 Å². The monoisotopic (exact) mass is 255 g/mol. The maximum atomic E-state index is 11.2. The van der Waals surface area contributed by atoms with Gasteiger partial charge in [0.15, 0.2) is 0 Å². The first-order valence-corrected chi connectivity index (χ1v) is 7.13. The van der Waals surface area contributed by atoms with Crippen LogP contribution in [0.3, 0.4) is 0 Å². The average molecular weight is 255 g/mol. The Morgan fingerprint density at radius 3 is 2.56 bits per heavy atom. The molecule has 1 saturated carbocycles. The van der Waals surface area contributed by atoms with Crippen molar-refractivity contribution < 1.29 is 14.6 Å². The Kier molecular flexibility index (Phi) is 4.62. The molecule has 0 amide bonds. The maximum absolute atomic E-state index is 11.2. The number of carboxylic acid groups (broad SMARTS) is 1. The number of carbonyl (C=O) groups is 1. The Balaban J connectivity index is 1.96. The van der Waals surface area contributed by atoms with Gasteiger partial charge < -0.3 is 9.84 Å². The molecule has 1 aliphatic heterocycles. The second-order valence-electron chi connectivity index (χ2n) is 5.85. The Morgan fingerprint density at radius 1 is 1.28 bits per heavy atom. The molecular weight excluding hydrogens is 230 g/mol. The molecule has 104 valence electrons. The van der Waals surface area contributed by atoms with E-state index >= 15 is 0 Å². The predicted molar refractivity (Wildman–Crippen MR) is 69.5 cm³/mol. The number of aliphatic carboxylic acids is 1. The van der Waals surface area contributed by atoms with Crippen LogP contribution in [0, 0.1) is 11.8 Å². The fraction of sp³-hybridized carbons (Fsp3) is 0.929. The van der Waals surface area contributed by atoms with E-state index in [1.54, 1.807) is 0 Å². The number of rotatable bonds is 4. The van der Waals surface area contributed by atoms with Gasteiger partial charge in [0.05, 0.1) is 19.1 Å². The SMILES string of the molecule is CC(C1CCCCC1)N(C)C1COCC1C(=O)O. The van der Waals surface area contributed by atoms with E-state index < -0.39 is 5.97 Å². The molecule has 2 rings (SSSR count). The van der Waals surface area contributed by atoms with Crippen LogP contribution in [0.15, 0.2) is 0 Å². The molecular formula is C14H25NO3. The summed E-state index contributed by atoms with van der Waals surface area (Å²) in [6.45, 7) is 3.17. The molecule has 1 N–H and O–H groups in total. The highest BCUT2D eigenvalue weighted by atomic mass is 16.5. The minimum Gasteiger partial charge on any atom is -0.481 e. The maximum Gasteiger partial charge on any atom is 0.310 e. The average Bonchev–Trinajstić information content (AvgIpc) is 2.87. The summed E-state index contributed by atoms with van der Waals surface area (Å²) < 4.78 is 5.37. The lowest BCUT2D eigenvalue weighted by molar-refractivity contribution is -0.143. The van der Waals surface area contributed by atoms with Gasteiger partial charge in [0, 0.05) is 12.1 Å². The Bertz CT molecular complexity index is 289. The molecule has 18 heavy (non-hydrogen) atoms. The van der Waals surface area contributed by atoms with Gasteiger partial charge >= 0.3 is 5.97 Å². The van der Waals surface area contributed by atoms with Crippen LogP contribution in [-0.4, -0.2) is 48.3 Å². The van der Waals surface area contributed by atoms with Crippen LogP contribution in [0.25, 0.3) is 0 Å². The Labute approximate surface area is 109 Å². The number of nitrogens with zero attached hydrogens (tertiary/aromatic N) is 1. The second kappa shape index (κ2) is 6.02. The molecule has 0 bridgehead atoms. The van der Waals surface area contributed by atoms with E-state index in [4.69, 9.17) is 4.74 Å². The van der Waals surface area contributed by atoms with Crippen LogP contribution >= 0.6 is 0 Å². The lowest BCUT2D eigenvalue weighted by Crippen LogP contribution is -2.48. The molecule has 2 aliphatic rings. The first kappa shape index (κ1) is 13.8. The first-order valence-electron chi connectivity index (χ1n) is 7.13. The number of carboxylic acids is 1. The van der Waals surface area contributed by atoms with Crippen LogP contribution in [-0.2, 0) is 9.53 Å². The summed E-state index contributed by atoms with van der Waals surface area (Å²) in [6.07, 6.45) is 6.59. The first-order chi connectivity index (χ1) is 8.61. The number of ether oxygens (including phenoxy) is 1. The molecule has 1 saturated heterocycles. The largest absolute Gasteiger partial charge is 0.481 e. The molecule has 1 aliphatic carbocycles. The highest BCUT2D eigenvalue weighted by molar-refractivity contribution is 5.71. The number of likely N-dealkylation sites (N-methyl/N-ethyl adjacent to an activating group) is 1. The summed E-state index contributed by atoms with van der Waals surface area (Å²) in [4.78, 5) is 13.5. The molecule has 0 aromatic carbocycles. The number of hydrogen-bond acceptors (Lipinski definition) is 3. The Hall–Kier alpha value is -0.610. The van der Waals surface area contributed by atoms with Gasteiger partial charge in [-0.05, 0) is 32.7 Å². The van der Waals surface area contributed by atoms with E-state index in [2.05, 4.69) is 18.9 Å². The van der Waals surface area contributed by atoms with E-state index in [1.165, 1.54) is 32.1 Å². The minimum absolute atomic E-state index is 0.0411. The smallest absolute Gasteiger partial charge is 0.310 e. The lowest BCUT2D eigenvalue weighted by Gasteiger charge is -2.38. The van der Waals surface area contributed by atoms with Gasteiger partial charge in [-0.2, -0.15) is 0 Å². The van der Waals surface area contributed by atoms with Crippen LogP contribution < -0.4 is 0 Å². The zero-order chi connectivity index (χ0) is 13.1. The minimum atomic E-state index is -0.722. The molecule has 3 unspecified atom stereocenters. The highest BCUT2D eigenvalue weighted by Crippen LogP contribution is 2.31. The van der Waals surface area contributed by atoms with Crippen molar-refractivity contribution >= 4 is 5.97 Å². The van der Waals surface area contributed by atoms with Gasteiger partial charge in [0.1, 0.15) is 0 Å². The summed E-state index contributed by atoms with van der Waals surface area (Å²) in [5.41, 5.74) is 0. The van der Waals surface area contributed by atoms with Crippen molar-refractivity contribution in [3.63, 3.8) is 0 Å². The number of hydrogen-bond donors (Lipinski definition) is 1. The zero-order valence-electron chi connectivity index (χ0n) is 11.5. The Morgan fingerprint density at radius 2 is 1.94 bits per heavy atom. The third-order valence-corrected chi connectivity index (χ3v) is 4.87. The fourth-order valence-corrected chi connectivity index (χ4v) is 3.43. The van der Waals surface area contributed by atoms with Crippen LogP contribution in [0.1, 0.15) is 39.0 Å². The summed E-state index contributed by atoms with van der Waals surface area (Å²) in [7, 11) is 2.06. The van der Waals surface area contributed by atoms with E-state index in [-0.39, 0.29) is 12.0 Å². The molecule has 0 aromatic heterocycles. The van der Waals surface area contributed by atoms with Crippen LogP contribution in [0.2, 0.25) is 0 Å². The summed E-state index contributed by atoms with van der Waals surface area (Å²) in [5.74, 6) is -0.361. The second-order valence-corrected chi connectivity index (χ2v) is 5.85. The molecule has 3 atom stereocenters. The lowest BCUT2D eigenvalue weighted by atomic mass is 9.83. The highest BCUT2D eigenvalue weighted by Gasteiger charge is 2.39. The van der Waals surface area contributed by atoms with Crippen molar-refractivity contribution in [2.45, 2.75) is 51.1 Å². The molecule has 0 radical (unpaired) electrons. The molecule has 2 fully saturated rings. The molecule has 0 aromatic rings. The van der Waals surface area contributed by atoms with Crippen molar-refractivity contribution in [2.75, 3.05) is 20.3 Å². The summed E-state index contributed by atoms with van der Waals surface area (Å²) >= 11 is 0. The van der Waals surface area contributed by atoms with Gasteiger partial charge in [-0.15, -0.1) is 0 Å².